The average molecular weight is 321 g/mol. The molecule has 2 rings (SSSR count). The van der Waals surface area contributed by atoms with Crippen molar-refractivity contribution in [1.82, 2.24) is 20.4 Å². The Balaban J connectivity index is 2.33. The van der Waals surface area contributed by atoms with Crippen LogP contribution in [0.2, 0.25) is 5.02 Å². The van der Waals surface area contributed by atoms with Gasteiger partial charge in [0.05, 0.1) is 23.1 Å². The number of likely N-dealkylation sites (N-methyl/N-ethyl adjacent to an activating group) is 1. The highest BCUT2D eigenvalue weighted by Crippen LogP contribution is 2.23. The minimum absolute atomic E-state index is 0.0980. The molecule has 1 aromatic carbocycles. The molecule has 0 saturated carbocycles. The summed E-state index contributed by atoms with van der Waals surface area (Å²) in [4.78, 5) is 12.3. The van der Waals surface area contributed by atoms with Gasteiger partial charge in [0.25, 0.3) is 5.91 Å². The van der Waals surface area contributed by atoms with Crippen molar-refractivity contribution in [3.05, 3.63) is 46.7 Å². The molecule has 1 heterocycles. The van der Waals surface area contributed by atoms with Crippen molar-refractivity contribution in [1.29, 1.82) is 0 Å². The van der Waals surface area contributed by atoms with E-state index in [1.807, 2.05) is 45.2 Å². The third-order valence-corrected chi connectivity index (χ3v) is 3.58. The Morgan fingerprint density at radius 2 is 1.95 bits per heavy atom. The van der Waals surface area contributed by atoms with E-state index < -0.39 is 0 Å². The number of amides is 1. The van der Waals surface area contributed by atoms with Crippen molar-refractivity contribution in [2.45, 2.75) is 19.8 Å². The summed E-state index contributed by atoms with van der Waals surface area (Å²) in [5.41, 5.74) is 2.40. The Bertz CT molecular complexity index is 634. The predicted molar refractivity (Wildman–Crippen MR) is 88.9 cm³/mol. The van der Waals surface area contributed by atoms with E-state index in [2.05, 4.69) is 15.7 Å². The van der Waals surface area contributed by atoms with E-state index in [1.54, 1.807) is 10.9 Å². The minimum Gasteiger partial charge on any atom is -0.351 e. The number of halogens is 1. The summed E-state index contributed by atoms with van der Waals surface area (Å²) in [5, 5.41) is 11.0. The molecule has 0 aliphatic rings. The smallest absolute Gasteiger partial charge is 0.254 e. The van der Waals surface area contributed by atoms with Crippen molar-refractivity contribution in [3.8, 4) is 5.69 Å². The third kappa shape index (κ3) is 3.67. The molecule has 0 fully saturated rings. The third-order valence-electron chi connectivity index (χ3n) is 3.33. The Kier molecular flexibility index (Phi) is 5.57. The van der Waals surface area contributed by atoms with E-state index in [9.17, 15) is 4.79 Å². The van der Waals surface area contributed by atoms with Crippen LogP contribution in [-0.4, -0.2) is 35.8 Å². The molecule has 2 N–H and O–H groups in total. The van der Waals surface area contributed by atoms with Gasteiger partial charge in [-0.25, -0.2) is 4.68 Å². The summed E-state index contributed by atoms with van der Waals surface area (Å²) in [7, 11) is 1.85. The summed E-state index contributed by atoms with van der Waals surface area (Å²) < 4.78 is 1.80. The standard InChI is InChI=1S/C16H21ClN4O/c1-11(2)15-14(16(22)19-9-8-18-3)10-20-21(15)13-6-4-12(17)5-7-13/h4-7,10-11,18H,8-9H2,1-3H3,(H,19,22). The lowest BCUT2D eigenvalue weighted by molar-refractivity contribution is 0.0953. The lowest BCUT2D eigenvalue weighted by Crippen LogP contribution is -2.31. The van der Waals surface area contributed by atoms with E-state index in [-0.39, 0.29) is 11.8 Å². The van der Waals surface area contributed by atoms with Crippen molar-refractivity contribution in [2.75, 3.05) is 20.1 Å². The molecular weight excluding hydrogens is 300 g/mol. The van der Waals surface area contributed by atoms with Crippen LogP contribution in [0.4, 0.5) is 0 Å². The van der Waals surface area contributed by atoms with E-state index in [0.29, 0.717) is 17.1 Å². The largest absolute Gasteiger partial charge is 0.351 e. The highest BCUT2D eigenvalue weighted by atomic mass is 35.5. The van der Waals surface area contributed by atoms with Crippen LogP contribution >= 0.6 is 11.6 Å². The first-order valence-corrected chi connectivity index (χ1v) is 7.69. The van der Waals surface area contributed by atoms with Crippen LogP contribution in [0.25, 0.3) is 5.69 Å². The topological polar surface area (TPSA) is 58.9 Å². The fourth-order valence-corrected chi connectivity index (χ4v) is 2.40. The van der Waals surface area contributed by atoms with Crippen molar-refractivity contribution in [3.63, 3.8) is 0 Å². The van der Waals surface area contributed by atoms with E-state index in [1.165, 1.54) is 0 Å². The number of nitrogens with zero attached hydrogens (tertiary/aromatic N) is 2. The highest BCUT2D eigenvalue weighted by molar-refractivity contribution is 6.30. The number of carbonyl (C=O) groups is 1. The van der Waals surface area contributed by atoms with Gasteiger partial charge in [0.2, 0.25) is 0 Å². The molecule has 2 aromatic rings. The number of hydrogen-bond donors (Lipinski definition) is 2. The molecule has 5 nitrogen and oxygen atoms in total. The average Bonchev–Trinajstić information content (AvgIpc) is 2.93. The number of rotatable bonds is 6. The molecule has 0 aliphatic heterocycles. The molecule has 0 bridgehead atoms. The molecular formula is C16H21ClN4O. The highest BCUT2D eigenvalue weighted by Gasteiger charge is 2.20. The van der Waals surface area contributed by atoms with Crippen molar-refractivity contribution < 1.29 is 4.79 Å². The van der Waals surface area contributed by atoms with Crippen molar-refractivity contribution >= 4 is 17.5 Å². The summed E-state index contributed by atoms with van der Waals surface area (Å²) in [6.07, 6.45) is 1.62. The molecule has 118 valence electrons. The summed E-state index contributed by atoms with van der Waals surface area (Å²) >= 11 is 5.93. The maximum absolute atomic E-state index is 12.3. The molecule has 0 saturated heterocycles. The SMILES string of the molecule is CNCCNC(=O)c1cnn(-c2ccc(Cl)cc2)c1C(C)C. The lowest BCUT2D eigenvalue weighted by Gasteiger charge is -2.13. The van der Waals surface area contributed by atoms with E-state index in [0.717, 1.165) is 17.9 Å². The number of nitrogens with one attached hydrogen (secondary N) is 2. The number of benzene rings is 1. The normalized spacial score (nSPS) is 11.0. The molecule has 22 heavy (non-hydrogen) atoms. The first kappa shape index (κ1) is 16.5. The van der Waals surface area contributed by atoms with Gasteiger partial charge in [0.15, 0.2) is 0 Å². The first-order chi connectivity index (χ1) is 10.5. The van der Waals surface area contributed by atoms with Crippen LogP contribution in [0, 0.1) is 0 Å². The maximum Gasteiger partial charge on any atom is 0.254 e. The monoisotopic (exact) mass is 320 g/mol. The molecule has 0 radical (unpaired) electrons. The predicted octanol–water partition coefficient (Wildman–Crippen LogP) is 2.60. The van der Waals surface area contributed by atoms with Crippen LogP contribution in [0.5, 0.6) is 0 Å². The van der Waals surface area contributed by atoms with Crippen LogP contribution in [0.1, 0.15) is 35.8 Å². The van der Waals surface area contributed by atoms with Gasteiger partial charge < -0.3 is 10.6 Å². The maximum atomic E-state index is 12.3. The van der Waals surface area contributed by atoms with Gasteiger partial charge in [-0.1, -0.05) is 25.4 Å². The fourth-order valence-electron chi connectivity index (χ4n) is 2.27. The first-order valence-electron chi connectivity index (χ1n) is 7.31. The lowest BCUT2D eigenvalue weighted by atomic mass is 10.1. The minimum atomic E-state index is -0.0980. The van der Waals surface area contributed by atoms with Gasteiger partial charge in [-0.3, -0.25) is 4.79 Å². The van der Waals surface area contributed by atoms with Gasteiger partial charge in [-0.15, -0.1) is 0 Å². The van der Waals surface area contributed by atoms with Gasteiger partial charge in [-0.2, -0.15) is 5.10 Å². The number of carbonyl (C=O) groups excluding carboxylic acids is 1. The molecule has 1 aromatic heterocycles. The molecule has 0 aliphatic carbocycles. The number of hydrogen-bond acceptors (Lipinski definition) is 3. The molecule has 0 atom stereocenters. The van der Waals surface area contributed by atoms with Gasteiger partial charge in [0.1, 0.15) is 0 Å². The molecule has 6 heteroatoms. The fraction of sp³-hybridized carbons (Fsp3) is 0.375. The van der Waals surface area contributed by atoms with Gasteiger partial charge >= 0.3 is 0 Å². The molecule has 1 amide bonds. The van der Waals surface area contributed by atoms with Crippen LogP contribution in [0.15, 0.2) is 30.5 Å². The van der Waals surface area contributed by atoms with Crippen molar-refractivity contribution in [2.24, 2.45) is 0 Å². The van der Waals surface area contributed by atoms with Crippen LogP contribution < -0.4 is 10.6 Å². The van der Waals surface area contributed by atoms with Gasteiger partial charge in [0, 0.05) is 18.1 Å². The summed E-state index contributed by atoms with van der Waals surface area (Å²) in [6, 6.07) is 7.42. The Morgan fingerprint density at radius 1 is 1.27 bits per heavy atom. The molecule has 0 unspecified atom stereocenters. The Hall–Kier alpha value is -1.85. The second-order valence-corrected chi connectivity index (χ2v) is 5.78. The van der Waals surface area contributed by atoms with Crippen LogP contribution in [-0.2, 0) is 0 Å². The zero-order valence-electron chi connectivity index (χ0n) is 13.1. The Labute approximate surface area is 135 Å². The summed E-state index contributed by atoms with van der Waals surface area (Å²) in [6.45, 7) is 5.41. The van der Waals surface area contributed by atoms with Gasteiger partial charge in [-0.05, 0) is 37.2 Å². The quantitative estimate of drug-likeness (QED) is 0.804. The van der Waals surface area contributed by atoms with E-state index >= 15 is 0 Å². The zero-order valence-corrected chi connectivity index (χ0v) is 13.8. The zero-order chi connectivity index (χ0) is 16.1. The molecule has 0 spiro atoms. The summed E-state index contributed by atoms with van der Waals surface area (Å²) in [5.74, 6) is 0.0717. The van der Waals surface area contributed by atoms with Crippen LogP contribution in [0.3, 0.4) is 0 Å². The van der Waals surface area contributed by atoms with E-state index in [4.69, 9.17) is 11.6 Å². The Morgan fingerprint density at radius 3 is 2.55 bits per heavy atom. The second-order valence-electron chi connectivity index (χ2n) is 5.35. The second kappa shape index (κ2) is 7.42. The number of aromatic nitrogens is 2.